The number of benzene rings is 2. The lowest BCUT2D eigenvalue weighted by Crippen LogP contribution is -2.35. The maximum absolute atomic E-state index is 12.7. The zero-order chi connectivity index (χ0) is 14.1. The predicted molar refractivity (Wildman–Crippen MR) is 85.3 cm³/mol. The minimum atomic E-state index is 0.0905. The first-order valence-electron chi connectivity index (χ1n) is 6.83. The summed E-state index contributed by atoms with van der Waals surface area (Å²) in [7, 11) is 0. The van der Waals surface area contributed by atoms with Gasteiger partial charge in [0.05, 0.1) is 0 Å². The van der Waals surface area contributed by atoms with E-state index in [-0.39, 0.29) is 5.91 Å². The minimum absolute atomic E-state index is 0.0905. The molecule has 2 aromatic rings. The summed E-state index contributed by atoms with van der Waals surface area (Å²) in [6.07, 6.45) is 2.08. The smallest absolute Gasteiger partial charge is 0.258 e. The van der Waals surface area contributed by atoms with Gasteiger partial charge < -0.3 is 4.90 Å². The molecular weight excluding hydrogens is 314 g/mol. The summed E-state index contributed by atoms with van der Waals surface area (Å²) in [5.41, 5.74) is 4.16. The molecule has 1 heterocycles. The zero-order valence-electron chi connectivity index (χ0n) is 11.4. The molecule has 1 aliphatic rings. The molecule has 0 aromatic heterocycles. The minimum Gasteiger partial charge on any atom is -0.308 e. The number of nitrogens with zero attached hydrogens (tertiary/aromatic N) is 1. The second kappa shape index (κ2) is 5.41. The number of rotatable bonds is 1. The Hall–Kier alpha value is -1.61. The lowest BCUT2D eigenvalue weighted by atomic mass is 10.0. The third kappa shape index (κ3) is 2.38. The zero-order valence-corrected chi connectivity index (χ0v) is 13.0. The van der Waals surface area contributed by atoms with E-state index in [0.717, 1.165) is 40.7 Å². The van der Waals surface area contributed by atoms with Crippen LogP contribution in [0.1, 0.15) is 27.9 Å². The highest BCUT2D eigenvalue weighted by atomic mass is 79.9. The van der Waals surface area contributed by atoms with Crippen molar-refractivity contribution in [3.63, 3.8) is 0 Å². The highest BCUT2D eigenvalue weighted by molar-refractivity contribution is 9.10. The van der Waals surface area contributed by atoms with E-state index >= 15 is 0 Å². The van der Waals surface area contributed by atoms with Gasteiger partial charge >= 0.3 is 0 Å². The molecule has 1 amide bonds. The quantitative estimate of drug-likeness (QED) is 0.761. The molecule has 20 heavy (non-hydrogen) atoms. The number of carbonyl (C=O) groups is 1. The van der Waals surface area contributed by atoms with Gasteiger partial charge in [-0.25, -0.2) is 0 Å². The van der Waals surface area contributed by atoms with E-state index in [2.05, 4.69) is 22.0 Å². The van der Waals surface area contributed by atoms with Gasteiger partial charge in [-0.3, -0.25) is 4.79 Å². The molecule has 0 fully saturated rings. The summed E-state index contributed by atoms with van der Waals surface area (Å²) < 4.78 is 1.04. The molecule has 0 aliphatic carbocycles. The standard InChI is InChI=1S/C17H16BrNO/c1-12-11-14(8-9-15(12)18)17(20)19-10-4-6-13-5-2-3-7-16(13)19/h2-3,5,7-9,11H,4,6,10H2,1H3. The molecule has 2 nitrogen and oxygen atoms in total. The molecule has 3 rings (SSSR count). The predicted octanol–water partition coefficient (Wildman–Crippen LogP) is 4.35. The van der Waals surface area contributed by atoms with Crippen LogP contribution in [-0.2, 0) is 6.42 Å². The third-order valence-electron chi connectivity index (χ3n) is 3.76. The van der Waals surface area contributed by atoms with Crippen LogP contribution in [0.2, 0.25) is 0 Å². The van der Waals surface area contributed by atoms with Gasteiger partial charge in [-0.2, -0.15) is 0 Å². The van der Waals surface area contributed by atoms with E-state index in [1.54, 1.807) is 0 Å². The van der Waals surface area contributed by atoms with E-state index in [9.17, 15) is 4.79 Å². The van der Waals surface area contributed by atoms with Crippen molar-refractivity contribution >= 4 is 27.5 Å². The first-order chi connectivity index (χ1) is 9.66. The highest BCUT2D eigenvalue weighted by Gasteiger charge is 2.23. The fourth-order valence-electron chi connectivity index (χ4n) is 2.68. The number of amides is 1. The number of aryl methyl sites for hydroxylation is 2. The Kier molecular flexibility index (Phi) is 3.62. The van der Waals surface area contributed by atoms with Crippen molar-refractivity contribution in [2.75, 3.05) is 11.4 Å². The Labute approximate surface area is 127 Å². The van der Waals surface area contributed by atoms with Crippen molar-refractivity contribution < 1.29 is 4.79 Å². The van der Waals surface area contributed by atoms with E-state index < -0.39 is 0 Å². The number of para-hydroxylation sites is 1. The topological polar surface area (TPSA) is 20.3 Å². The average Bonchev–Trinajstić information content (AvgIpc) is 2.49. The van der Waals surface area contributed by atoms with Crippen molar-refractivity contribution in [3.8, 4) is 0 Å². The Balaban J connectivity index is 1.97. The Morgan fingerprint density at radius 3 is 2.80 bits per heavy atom. The summed E-state index contributed by atoms with van der Waals surface area (Å²) in [6, 6.07) is 14.0. The van der Waals surface area contributed by atoms with Crippen LogP contribution in [0.25, 0.3) is 0 Å². The number of hydrogen-bond donors (Lipinski definition) is 0. The first kappa shape index (κ1) is 13.4. The molecule has 0 N–H and O–H groups in total. The van der Waals surface area contributed by atoms with Crippen molar-refractivity contribution in [1.82, 2.24) is 0 Å². The first-order valence-corrected chi connectivity index (χ1v) is 7.62. The third-order valence-corrected chi connectivity index (χ3v) is 4.65. The molecule has 0 spiro atoms. The van der Waals surface area contributed by atoms with Crippen LogP contribution in [-0.4, -0.2) is 12.5 Å². The van der Waals surface area contributed by atoms with Crippen LogP contribution >= 0.6 is 15.9 Å². The van der Waals surface area contributed by atoms with Crippen LogP contribution in [0.15, 0.2) is 46.9 Å². The van der Waals surface area contributed by atoms with Gasteiger partial charge in [0.2, 0.25) is 0 Å². The number of halogens is 1. The number of fused-ring (bicyclic) bond motifs is 1. The van der Waals surface area contributed by atoms with Crippen LogP contribution < -0.4 is 4.90 Å². The molecule has 0 saturated carbocycles. The largest absolute Gasteiger partial charge is 0.308 e. The molecule has 0 saturated heterocycles. The molecular formula is C17H16BrNO. The molecule has 0 unspecified atom stereocenters. The molecule has 0 radical (unpaired) electrons. The van der Waals surface area contributed by atoms with Crippen LogP contribution in [0.3, 0.4) is 0 Å². The fraction of sp³-hybridized carbons (Fsp3) is 0.235. The Morgan fingerprint density at radius 2 is 2.00 bits per heavy atom. The molecule has 0 atom stereocenters. The normalized spacial score (nSPS) is 14.0. The number of anilines is 1. The number of hydrogen-bond acceptors (Lipinski definition) is 1. The number of carbonyl (C=O) groups excluding carboxylic acids is 1. The van der Waals surface area contributed by atoms with Gasteiger partial charge in [0, 0.05) is 22.3 Å². The monoisotopic (exact) mass is 329 g/mol. The van der Waals surface area contributed by atoms with Crippen molar-refractivity contribution in [3.05, 3.63) is 63.6 Å². The Bertz CT molecular complexity index is 666. The summed E-state index contributed by atoms with van der Waals surface area (Å²) in [4.78, 5) is 14.6. The second-order valence-corrected chi connectivity index (χ2v) is 6.01. The lowest BCUT2D eigenvalue weighted by molar-refractivity contribution is 0.0985. The van der Waals surface area contributed by atoms with Gasteiger partial charge in [0.1, 0.15) is 0 Å². The van der Waals surface area contributed by atoms with Crippen molar-refractivity contribution in [1.29, 1.82) is 0 Å². The molecule has 0 bridgehead atoms. The van der Waals surface area contributed by atoms with Gasteiger partial charge in [-0.05, 0) is 55.2 Å². The van der Waals surface area contributed by atoms with Gasteiger partial charge in [-0.15, -0.1) is 0 Å². The van der Waals surface area contributed by atoms with Crippen LogP contribution in [0, 0.1) is 6.92 Å². The van der Waals surface area contributed by atoms with E-state index in [4.69, 9.17) is 0 Å². The molecule has 1 aliphatic heterocycles. The van der Waals surface area contributed by atoms with Crippen molar-refractivity contribution in [2.45, 2.75) is 19.8 Å². The highest BCUT2D eigenvalue weighted by Crippen LogP contribution is 2.28. The SMILES string of the molecule is Cc1cc(C(=O)N2CCCc3ccccc32)ccc1Br. The van der Waals surface area contributed by atoms with Gasteiger partial charge in [-0.1, -0.05) is 34.1 Å². The van der Waals surface area contributed by atoms with Crippen molar-refractivity contribution in [2.24, 2.45) is 0 Å². The fourth-order valence-corrected chi connectivity index (χ4v) is 2.92. The summed E-state index contributed by atoms with van der Waals surface area (Å²) in [5, 5.41) is 0. The average molecular weight is 330 g/mol. The molecule has 3 heteroatoms. The molecule has 102 valence electrons. The van der Waals surface area contributed by atoms with E-state index in [1.165, 1.54) is 5.56 Å². The maximum Gasteiger partial charge on any atom is 0.258 e. The summed E-state index contributed by atoms with van der Waals surface area (Å²) in [5.74, 6) is 0.0905. The lowest BCUT2D eigenvalue weighted by Gasteiger charge is -2.29. The van der Waals surface area contributed by atoms with Crippen LogP contribution in [0.4, 0.5) is 5.69 Å². The maximum atomic E-state index is 12.7. The van der Waals surface area contributed by atoms with E-state index in [1.807, 2.05) is 48.2 Å². The molecule has 2 aromatic carbocycles. The van der Waals surface area contributed by atoms with Gasteiger partial charge in [0.15, 0.2) is 0 Å². The second-order valence-electron chi connectivity index (χ2n) is 5.15. The van der Waals surface area contributed by atoms with E-state index in [0.29, 0.717) is 0 Å². The summed E-state index contributed by atoms with van der Waals surface area (Å²) >= 11 is 3.48. The Morgan fingerprint density at radius 1 is 1.20 bits per heavy atom. The van der Waals surface area contributed by atoms with Crippen LogP contribution in [0.5, 0.6) is 0 Å². The van der Waals surface area contributed by atoms with Gasteiger partial charge in [0.25, 0.3) is 5.91 Å². The summed E-state index contributed by atoms with van der Waals surface area (Å²) in [6.45, 7) is 2.80.